The summed E-state index contributed by atoms with van der Waals surface area (Å²) in [7, 11) is 0. The molecular weight excluding hydrogens is 799 g/mol. The van der Waals surface area contributed by atoms with Crippen LogP contribution in [0.5, 0.6) is 0 Å². The lowest BCUT2D eigenvalue weighted by Crippen LogP contribution is -1.98. The second kappa shape index (κ2) is 16.8. The highest BCUT2D eigenvalue weighted by molar-refractivity contribution is 6.14. The van der Waals surface area contributed by atoms with Gasteiger partial charge in [0.15, 0.2) is 0 Å². The molecule has 0 aliphatic carbocycles. The Morgan fingerprint density at radius 2 is 0.894 bits per heavy atom. The lowest BCUT2D eigenvalue weighted by Gasteiger charge is -2.23. The third-order valence-electron chi connectivity index (χ3n) is 13.5. The Morgan fingerprint density at radius 1 is 0.348 bits per heavy atom. The third kappa shape index (κ3) is 7.01. The minimum atomic E-state index is 0.942. The first kappa shape index (κ1) is 40.6. The maximum absolute atomic E-state index is 4.68. The van der Waals surface area contributed by atoms with E-state index < -0.39 is 0 Å². The Morgan fingerprint density at radius 3 is 1.65 bits per heavy atom. The van der Waals surface area contributed by atoms with Crippen molar-refractivity contribution in [2.75, 3.05) is 0 Å². The second-order valence-electron chi connectivity index (χ2n) is 17.5. The van der Waals surface area contributed by atoms with E-state index in [0.29, 0.717) is 0 Å². The average molecular weight is 848 g/mol. The zero-order chi connectivity index (χ0) is 44.9. The maximum Gasteiger partial charge on any atom is 0.0922 e. The van der Waals surface area contributed by atoms with E-state index in [1.54, 1.807) is 0 Å². The predicted molar refractivity (Wildman–Crippen MR) is 281 cm³/mol. The molecule has 0 amide bonds. The summed E-state index contributed by atoms with van der Waals surface area (Å²) in [6.07, 6.45) is 0. The lowest BCUT2D eigenvalue weighted by molar-refractivity contribution is 1.18. The van der Waals surface area contributed by atoms with E-state index in [-0.39, 0.29) is 0 Å². The first-order valence-electron chi connectivity index (χ1n) is 22.8. The fourth-order valence-corrected chi connectivity index (χ4v) is 10.1. The summed E-state index contributed by atoms with van der Waals surface area (Å²) in [5, 5.41) is 7.74. The number of hydrogen-bond acceptors (Lipinski definition) is 2. The van der Waals surface area contributed by atoms with E-state index in [0.717, 1.165) is 28.0 Å². The van der Waals surface area contributed by atoms with Gasteiger partial charge in [0.1, 0.15) is 0 Å². The van der Waals surface area contributed by atoms with Crippen molar-refractivity contribution in [3.05, 3.63) is 234 Å². The standard InChI is InChI=1S/C48H37N.C15H12N2/c1-30-22-25-35(36-26-27-45-43(29-36)39-18-12-13-21-44(39)49(45)37-15-6-5-7-16-37)28-42(30)47-32(3)33(4)48(41-20-11-10-19-40(41)47)46-31(2)23-24-34-14-8-9-17-38(34)46;1-11-15(12-7-3-2-4-8-12)17-14-10-6-5-9-13(14)16-11/h5-29H,1-4H3;2-10H,1H3. The van der Waals surface area contributed by atoms with Crippen LogP contribution in [-0.4, -0.2) is 14.5 Å². The topological polar surface area (TPSA) is 30.7 Å². The fourth-order valence-electron chi connectivity index (χ4n) is 10.1. The van der Waals surface area contributed by atoms with Crippen LogP contribution in [0.25, 0.3) is 105 Å². The van der Waals surface area contributed by atoms with Crippen LogP contribution in [0.4, 0.5) is 0 Å². The van der Waals surface area contributed by atoms with Crippen molar-refractivity contribution in [2.45, 2.75) is 34.6 Å². The van der Waals surface area contributed by atoms with Gasteiger partial charge in [0.05, 0.1) is 33.5 Å². The summed E-state index contributed by atoms with van der Waals surface area (Å²) in [5.74, 6) is 0. The summed E-state index contributed by atoms with van der Waals surface area (Å²) in [6.45, 7) is 11.1. The Balaban J connectivity index is 0.000000237. The smallest absolute Gasteiger partial charge is 0.0922 e. The van der Waals surface area contributed by atoms with E-state index in [9.17, 15) is 0 Å². The van der Waals surface area contributed by atoms with E-state index in [2.05, 4.69) is 206 Å². The van der Waals surface area contributed by atoms with Crippen molar-refractivity contribution in [1.82, 2.24) is 14.5 Å². The van der Waals surface area contributed by atoms with Gasteiger partial charge in [-0.05, 0) is 160 Å². The second-order valence-corrected chi connectivity index (χ2v) is 17.5. The molecule has 0 spiro atoms. The Labute approximate surface area is 386 Å². The van der Waals surface area contributed by atoms with Gasteiger partial charge in [0.25, 0.3) is 0 Å². The van der Waals surface area contributed by atoms with Gasteiger partial charge in [0, 0.05) is 22.0 Å². The molecule has 2 aromatic heterocycles. The van der Waals surface area contributed by atoms with E-state index in [4.69, 9.17) is 0 Å². The summed E-state index contributed by atoms with van der Waals surface area (Å²) in [6, 6.07) is 73.9. The minimum absolute atomic E-state index is 0.942. The summed E-state index contributed by atoms with van der Waals surface area (Å²) < 4.78 is 2.38. The molecule has 0 unspecified atom stereocenters. The van der Waals surface area contributed by atoms with Gasteiger partial charge >= 0.3 is 0 Å². The summed E-state index contributed by atoms with van der Waals surface area (Å²) in [5.41, 5.74) is 21.6. The molecule has 0 aliphatic heterocycles. The maximum atomic E-state index is 4.68. The highest BCUT2D eigenvalue weighted by atomic mass is 15.0. The molecule has 3 nitrogen and oxygen atoms in total. The molecule has 0 radical (unpaired) electrons. The van der Waals surface area contributed by atoms with Crippen LogP contribution in [0.3, 0.4) is 0 Å². The predicted octanol–water partition coefficient (Wildman–Crippen LogP) is 16.9. The fraction of sp³-hybridized carbons (Fsp3) is 0.0794. The van der Waals surface area contributed by atoms with Crippen LogP contribution in [0.15, 0.2) is 206 Å². The van der Waals surface area contributed by atoms with Crippen LogP contribution < -0.4 is 0 Å². The molecule has 2 heterocycles. The molecule has 0 bridgehead atoms. The van der Waals surface area contributed by atoms with Gasteiger partial charge in [-0.3, -0.25) is 0 Å². The largest absolute Gasteiger partial charge is 0.309 e. The highest BCUT2D eigenvalue weighted by Gasteiger charge is 2.21. The number of aromatic nitrogens is 3. The summed E-state index contributed by atoms with van der Waals surface area (Å²) in [4.78, 5) is 9.27. The van der Waals surface area contributed by atoms with Crippen molar-refractivity contribution in [3.63, 3.8) is 0 Å². The van der Waals surface area contributed by atoms with Gasteiger partial charge in [-0.2, -0.15) is 0 Å². The summed E-state index contributed by atoms with van der Waals surface area (Å²) >= 11 is 0. The molecule has 0 aliphatic rings. The van der Waals surface area contributed by atoms with Gasteiger partial charge in [-0.1, -0.05) is 158 Å². The third-order valence-corrected chi connectivity index (χ3v) is 13.5. The number of aryl methyl sites for hydroxylation is 3. The van der Waals surface area contributed by atoms with Crippen molar-refractivity contribution in [3.8, 4) is 50.3 Å². The van der Waals surface area contributed by atoms with Crippen molar-refractivity contribution >= 4 is 54.4 Å². The molecule has 10 aromatic carbocycles. The van der Waals surface area contributed by atoms with Crippen molar-refractivity contribution in [1.29, 1.82) is 0 Å². The molecule has 316 valence electrons. The SMILES string of the molecule is Cc1ccc(-c2ccc3c(c2)c2ccccc2n3-c2ccccc2)cc1-c1c(C)c(C)c(-c2c(C)ccc3ccccc23)c2ccccc12.Cc1nc2ccccc2nc1-c1ccccc1. The Hall–Kier alpha value is -8.14. The van der Waals surface area contributed by atoms with E-state index in [1.165, 1.54) is 105 Å². The number of fused-ring (bicyclic) bond motifs is 6. The number of benzene rings is 10. The molecule has 0 saturated heterocycles. The Kier molecular flexibility index (Phi) is 10.3. The zero-order valence-electron chi connectivity index (χ0n) is 38.0. The normalized spacial score (nSPS) is 11.4. The average Bonchev–Trinajstić information content (AvgIpc) is 3.69. The van der Waals surface area contributed by atoms with Crippen molar-refractivity contribution in [2.24, 2.45) is 0 Å². The van der Waals surface area contributed by atoms with Gasteiger partial charge < -0.3 is 4.57 Å². The molecule has 0 saturated carbocycles. The number of rotatable bonds is 5. The van der Waals surface area contributed by atoms with E-state index >= 15 is 0 Å². The van der Waals surface area contributed by atoms with E-state index in [1.807, 2.05) is 49.4 Å². The number of nitrogens with zero attached hydrogens (tertiary/aromatic N) is 3. The van der Waals surface area contributed by atoms with Crippen LogP contribution in [-0.2, 0) is 0 Å². The van der Waals surface area contributed by atoms with Gasteiger partial charge in [0.2, 0.25) is 0 Å². The van der Waals surface area contributed by atoms with Crippen LogP contribution >= 0.6 is 0 Å². The lowest BCUT2D eigenvalue weighted by atomic mass is 9.81. The molecule has 0 N–H and O–H groups in total. The molecule has 12 rings (SSSR count). The van der Waals surface area contributed by atoms with Gasteiger partial charge in [-0.25, -0.2) is 9.97 Å². The zero-order valence-corrected chi connectivity index (χ0v) is 38.0. The van der Waals surface area contributed by atoms with Gasteiger partial charge in [-0.15, -0.1) is 0 Å². The van der Waals surface area contributed by atoms with Crippen LogP contribution in [0.2, 0.25) is 0 Å². The highest BCUT2D eigenvalue weighted by Crippen LogP contribution is 2.46. The first-order chi connectivity index (χ1) is 32.3. The molecule has 0 atom stereocenters. The molecular formula is C63H49N3. The number of para-hydroxylation sites is 4. The quantitative estimate of drug-likeness (QED) is 0.173. The minimum Gasteiger partial charge on any atom is -0.309 e. The number of hydrogen-bond donors (Lipinski definition) is 0. The first-order valence-corrected chi connectivity index (χ1v) is 22.8. The monoisotopic (exact) mass is 847 g/mol. The van der Waals surface area contributed by atoms with Crippen molar-refractivity contribution < 1.29 is 0 Å². The molecule has 0 fully saturated rings. The molecule has 66 heavy (non-hydrogen) atoms. The Bertz CT molecular complexity index is 3810. The van der Waals surface area contributed by atoms with Crippen LogP contribution in [0, 0.1) is 34.6 Å². The van der Waals surface area contributed by atoms with Crippen LogP contribution in [0.1, 0.15) is 27.9 Å². The molecule has 3 heteroatoms. The molecule has 12 aromatic rings.